The van der Waals surface area contributed by atoms with Gasteiger partial charge in [0.15, 0.2) is 11.6 Å². The minimum Gasteiger partial charge on any atom is -0.396 e. The van der Waals surface area contributed by atoms with Crippen molar-refractivity contribution < 1.29 is 23.5 Å². The normalized spacial score (nSPS) is 11.8. The maximum atomic E-state index is 13.0. The molecule has 1 aromatic carbocycles. The summed E-state index contributed by atoms with van der Waals surface area (Å²) < 4.78 is 25.7. The van der Waals surface area contributed by atoms with Gasteiger partial charge < -0.3 is 15.7 Å². The molecule has 7 heteroatoms. The van der Waals surface area contributed by atoms with E-state index in [1.165, 1.54) is 0 Å². The summed E-state index contributed by atoms with van der Waals surface area (Å²) in [7, 11) is 0. The maximum absolute atomic E-state index is 13.0. The predicted molar refractivity (Wildman–Crippen MR) is 72.6 cm³/mol. The third-order valence-corrected chi connectivity index (χ3v) is 2.93. The summed E-state index contributed by atoms with van der Waals surface area (Å²) in [6, 6.07) is 2.58. The summed E-state index contributed by atoms with van der Waals surface area (Å²) in [5.74, 6) is -3.24. The number of carbonyl (C=O) groups is 2. The average molecular weight is 300 g/mol. The molecule has 1 aromatic rings. The summed E-state index contributed by atoms with van der Waals surface area (Å²) >= 11 is 0. The first-order valence-corrected chi connectivity index (χ1v) is 6.61. The Bertz CT molecular complexity index is 509. The first-order chi connectivity index (χ1) is 9.97. The molecular weight excluding hydrogens is 282 g/mol. The molecule has 3 N–H and O–H groups in total. The van der Waals surface area contributed by atoms with Gasteiger partial charge in [-0.1, -0.05) is 6.92 Å². The highest BCUT2D eigenvalue weighted by molar-refractivity contribution is 5.96. The van der Waals surface area contributed by atoms with Crippen LogP contribution in [0.5, 0.6) is 0 Å². The summed E-state index contributed by atoms with van der Waals surface area (Å²) in [6.07, 6.45) is 1.09. The molecule has 0 aliphatic heterocycles. The molecule has 0 fully saturated rings. The van der Waals surface area contributed by atoms with Crippen molar-refractivity contribution in [2.75, 3.05) is 13.2 Å². The molecule has 0 bridgehead atoms. The lowest BCUT2D eigenvalue weighted by Gasteiger charge is -2.15. The molecule has 0 radical (unpaired) electrons. The summed E-state index contributed by atoms with van der Waals surface area (Å²) in [6.45, 7) is 1.54. The molecule has 0 heterocycles. The molecule has 0 aliphatic rings. The number of carbonyl (C=O) groups excluding carboxylic acids is 2. The molecule has 2 amide bonds. The zero-order valence-corrected chi connectivity index (χ0v) is 11.7. The Balaban J connectivity index is 2.48. The van der Waals surface area contributed by atoms with E-state index in [0.717, 1.165) is 18.2 Å². The summed E-state index contributed by atoms with van der Waals surface area (Å²) in [5, 5.41) is 13.8. The Morgan fingerprint density at radius 3 is 2.57 bits per heavy atom. The van der Waals surface area contributed by atoms with E-state index in [1.807, 2.05) is 6.92 Å². The highest BCUT2D eigenvalue weighted by Crippen LogP contribution is 2.08. The molecule has 116 valence electrons. The molecular formula is C14H18F2N2O3. The van der Waals surface area contributed by atoms with Crippen LogP contribution in [0, 0.1) is 11.6 Å². The lowest BCUT2D eigenvalue weighted by atomic mass is 10.1. The fourth-order valence-electron chi connectivity index (χ4n) is 1.71. The zero-order valence-electron chi connectivity index (χ0n) is 11.7. The largest absolute Gasteiger partial charge is 0.396 e. The van der Waals surface area contributed by atoms with Gasteiger partial charge in [0.25, 0.3) is 5.91 Å². The van der Waals surface area contributed by atoms with E-state index >= 15 is 0 Å². The van der Waals surface area contributed by atoms with E-state index in [-0.39, 0.29) is 24.8 Å². The standard InChI is InChI=1S/C14H18F2N2O3/c1-2-10(5-6-19)18-13(20)8-17-14(21)9-3-4-11(15)12(16)7-9/h3-4,7,10,19H,2,5-6,8H2,1H3,(H,17,21)(H,18,20). The summed E-state index contributed by atoms with van der Waals surface area (Å²) in [5.41, 5.74) is -0.0656. The Hall–Kier alpha value is -2.02. The Kier molecular flexibility index (Phi) is 6.74. The van der Waals surface area contributed by atoms with Gasteiger partial charge in [0.2, 0.25) is 5.91 Å². The fraction of sp³-hybridized carbons (Fsp3) is 0.429. The van der Waals surface area contributed by atoms with Crippen LogP contribution in [0.1, 0.15) is 30.1 Å². The fourth-order valence-corrected chi connectivity index (χ4v) is 1.71. The third kappa shape index (κ3) is 5.47. The molecule has 1 atom stereocenters. The van der Waals surface area contributed by atoms with Crippen LogP contribution in [0.3, 0.4) is 0 Å². The number of halogens is 2. The van der Waals surface area contributed by atoms with Gasteiger partial charge in [-0.25, -0.2) is 8.78 Å². The number of hydrogen-bond donors (Lipinski definition) is 3. The van der Waals surface area contributed by atoms with Gasteiger partial charge in [-0.15, -0.1) is 0 Å². The molecule has 1 unspecified atom stereocenters. The first kappa shape index (κ1) is 17.0. The van der Waals surface area contributed by atoms with Crippen molar-refractivity contribution in [2.45, 2.75) is 25.8 Å². The van der Waals surface area contributed by atoms with E-state index in [2.05, 4.69) is 10.6 Å². The lowest BCUT2D eigenvalue weighted by Crippen LogP contribution is -2.42. The van der Waals surface area contributed by atoms with Gasteiger partial charge in [0.1, 0.15) is 0 Å². The Morgan fingerprint density at radius 2 is 2.00 bits per heavy atom. The van der Waals surface area contributed by atoms with Crippen molar-refractivity contribution >= 4 is 11.8 Å². The molecule has 0 saturated heterocycles. The van der Waals surface area contributed by atoms with Crippen molar-refractivity contribution in [3.8, 4) is 0 Å². The van der Waals surface area contributed by atoms with Crippen molar-refractivity contribution in [3.63, 3.8) is 0 Å². The number of aliphatic hydroxyl groups is 1. The van der Waals surface area contributed by atoms with Crippen LogP contribution in [0.2, 0.25) is 0 Å². The first-order valence-electron chi connectivity index (χ1n) is 6.61. The monoisotopic (exact) mass is 300 g/mol. The number of benzene rings is 1. The van der Waals surface area contributed by atoms with Crippen molar-refractivity contribution in [1.82, 2.24) is 10.6 Å². The average Bonchev–Trinajstić information content (AvgIpc) is 2.47. The van der Waals surface area contributed by atoms with Crippen LogP contribution in [-0.2, 0) is 4.79 Å². The quantitative estimate of drug-likeness (QED) is 0.702. The van der Waals surface area contributed by atoms with Gasteiger partial charge in [0.05, 0.1) is 6.54 Å². The van der Waals surface area contributed by atoms with Crippen LogP contribution in [0.15, 0.2) is 18.2 Å². The van der Waals surface area contributed by atoms with Crippen LogP contribution in [0.4, 0.5) is 8.78 Å². The van der Waals surface area contributed by atoms with Gasteiger partial charge in [0, 0.05) is 18.2 Å². The maximum Gasteiger partial charge on any atom is 0.251 e. The SMILES string of the molecule is CCC(CCO)NC(=O)CNC(=O)c1ccc(F)c(F)c1. The Labute approximate surface area is 121 Å². The van der Waals surface area contributed by atoms with Crippen LogP contribution in [0.25, 0.3) is 0 Å². The van der Waals surface area contributed by atoms with Crippen LogP contribution >= 0.6 is 0 Å². The number of rotatable bonds is 7. The van der Waals surface area contributed by atoms with E-state index in [0.29, 0.717) is 12.8 Å². The third-order valence-electron chi connectivity index (χ3n) is 2.93. The number of hydrogen-bond acceptors (Lipinski definition) is 3. The van der Waals surface area contributed by atoms with Crippen molar-refractivity contribution in [2.24, 2.45) is 0 Å². The number of aliphatic hydroxyl groups excluding tert-OH is 1. The highest BCUT2D eigenvalue weighted by Gasteiger charge is 2.13. The second kappa shape index (κ2) is 8.31. The van der Waals surface area contributed by atoms with Crippen molar-refractivity contribution in [1.29, 1.82) is 0 Å². The van der Waals surface area contributed by atoms with Gasteiger partial charge in [-0.05, 0) is 31.0 Å². The molecule has 0 aromatic heterocycles. The molecule has 5 nitrogen and oxygen atoms in total. The van der Waals surface area contributed by atoms with E-state index < -0.39 is 23.4 Å². The van der Waals surface area contributed by atoms with Gasteiger partial charge in [-0.3, -0.25) is 9.59 Å². The molecule has 0 saturated carbocycles. The summed E-state index contributed by atoms with van der Waals surface area (Å²) in [4.78, 5) is 23.3. The van der Waals surface area contributed by atoms with Crippen LogP contribution < -0.4 is 10.6 Å². The van der Waals surface area contributed by atoms with E-state index in [9.17, 15) is 18.4 Å². The highest BCUT2D eigenvalue weighted by atomic mass is 19.2. The topological polar surface area (TPSA) is 78.4 Å². The van der Waals surface area contributed by atoms with Crippen molar-refractivity contribution in [3.05, 3.63) is 35.4 Å². The second-order valence-corrected chi connectivity index (χ2v) is 4.50. The molecule has 0 aliphatic carbocycles. The van der Waals surface area contributed by atoms with E-state index in [4.69, 9.17) is 5.11 Å². The van der Waals surface area contributed by atoms with E-state index in [1.54, 1.807) is 0 Å². The number of amides is 2. The Morgan fingerprint density at radius 1 is 1.29 bits per heavy atom. The minimum absolute atomic E-state index is 0.0417. The second-order valence-electron chi connectivity index (χ2n) is 4.50. The smallest absolute Gasteiger partial charge is 0.251 e. The predicted octanol–water partition coefficient (Wildman–Crippen LogP) is 0.972. The molecule has 0 spiro atoms. The molecule has 1 rings (SSSR count). The minimum atomic E-state index is -1.12. The van der Waals surface area contributed by atoms with Gasteiger partial charge in [-0.2, -0.15) is 0 Å². The molecule has 21 heavy (non-hydrogen) atoms. The van der Waals surface area contributed by atoms with Gasteiger partial charge >= 0.3 is 0 Å². The lowest BCUT2D eigenvalue weighted by molar-refractivity contribution is -0.120. The zero-order chi connectivity index (χ0) is 15.8. The van der Waals surface area contributed by atoms with Crippen LogP contribution in [-0.4, -0.2) is 36.1 Å². The number of nitrogens with one attached hydrogen (secondary N) is 2.